The highest BCUT2D eigenvalue weighted by molar-refractivity contribution is 6.08. The van der Waals surface area contributed by atoms with Crippen molar-refractivity contribution in [3.05, 3.63) is 65.9 Å². The summed E-state index contributed by atoms with van der Waals surface area (Å²) in [7, 11) is 1.68. The Morgan fingerprint density at radius 2 is 1.82 bits per heavy atom. The Morgan fingerprint density at radius 3 is 2.41 bits per heavy atom. The highest BCUT2D eigenvalue weighted by Crippen LogP contribution is 2.30. The molecule has 1 amide bonds. The molecule has 0 aromatic heterocycles. The molecule has 3 rings (SSSR count). The summed E-state index contributed by atoms with van der Waals surface area (Å²) in [6, 6.07) is 11.1. The van der Waals surface area contributed by atoms with Crippen molar-refractivity contribution >= 4 is 11.7 Å². The molecule has 2 aromatic rings. The fourth-order valence-electron chi connectivity index (χ4n) is 3.18. The molecule has 1 saturated heterocycles. The van der Waals surface area contributed by atoms with E-state index in [1.165, 1.54) is 24.3 Å². The Bertz CT molecular complexity index is 1010. The average molecular weight is 476 g/mol. The molecule has 1 unspecified atom stereocenters. The van der Waals surface area contributed by atoms with Crippen molar-refractivity contribution in [1.29, 1.82) is 0 Å². The zero-order valence-corrected chi connectivity index (χ0v) is 18.8. The maximum Gasteiger partial charge on any atom is 0.339 e. The van der Waals surface area contributed by atoms with Crippen molar-refractivity contribution in [3.63, 3.8) is 0 Å². The Morgan fingerprint density at radius 1 is 1.15 bits per heavy atom. The number of carbonyl (C=O) groups is 1. The van der Waals surface area contributed by atoms with Crippen LogP contribution in [0.2, 0.25) is 0 Å². The van der Waals surface area contributed by atoms with Gasteiger partial charge in [0.25, 0.3) is 5.84 Å². The summed E-state index contributed by atoms with van der Waals surface area (Å²) in [4.78, 5) is 14.6. The largest absolute Gasteiger partial charge is 0.485 e. The maximum atomic E-state index is 13.0. The van der Waals surface area contributed by atoms with Crippen molar-refractivity contribution < 1.29 is 33.6 Å². The maximum absolute atomic E-state index is 13.0. The summed E-state index contributed by atoms with van der Waals surface area (Å²) in [6.45, 7) is -0.357. The van der Waals surface area contributed by atoms with Gasteiger partial charge in [0.05, 0.1) is 5.56 Å². The second-order valence-corrected chi connectivity index (χ2v) is 7.71. The molecule has 1 atom stereocenters. The molecule has 1 fully saturated rings. The van der Waals surface area contributed by atoms with E-state index in [-0.39, 0.29) is 22.9 Å². The minimum atomic E-state index is -1.30. The Labute approximate surface area is 196 Å². The molecule has 1 aliphatic rings. The van der Waals surface area contributed by atoms with E-state index < -0.39 is 31.6 Å². The highest BCUT2D eigenvalue weighted by Gasteiger charge is 2.23. The number of carbonyl (C=O) groups excluding carboxylic acids is 1. The number of nitrogens with one attached hydrogen (secondary N) is 2. The second-order valence-electron chi connectivity index (χ2n) is 7.71. The van der Waals surface area contributed by atoms with Gasteiger partial charge in [-0.3, -0.25) is 10.3 Å². The van der Waals surface area contributed by atoms with Crippen molar-refractivity contribution in [3.8, 4) is 17.2 Å². The molecular formula is C24H29F2N4O4+. The number of aliphatic hydroxyl groups is 1. The topological polar surface area (TPSA) is 109 Å². The van der Waals surface area contributed by atoms with Crippen LogP contribution in [0.3, 0.4) is 0 Å². The lowest BCUT2D eigenvalue weighted by molar-refractivity contribution is -0.115. The predicted octanol–water partition coefficient (Wildman–Crippen LogP) is 1.48. The second kappa shape index (κ2) is 12.1. The minimum Gasteiger partial charge on any atom is -0.485 e. The van der Waals surface area contributed by atoms with Gasteiger partial charge in [-0.1, -0.05) is 12.1 Å². The Balaban J connectivity index is 1.80. The van der Waals surface area contributed by atoms with Crippen molar-refractivity contribution in [2.45, 2.75) is 18.8 Å². The van der Waals surface area contributed by atoms with E-state index >= 15 is 0 Å². The Hall–Kier alpha value is -3.50. The van der Waals surface area contributed by atoms with Crippen LogP contribution < -0.4 is 25.5 Å². The number of aliphatic hydroxyl groups excluding tert-OH is 1. The lowest BCUT2D eigenvalue weighted by atomic mass is 10.1. The van der Waals surface area contributed by atoms with E-state index in [1.54, 1.807) is 37.5 Å². The lowest BCUT2D eigenvalue weighted by Crippen LogP contribution is -2.49. The molecule has 0 radical (unpaired) electrons. The van der Waals surface area contributed by atoms with Crippen LogP contribution in [0.15, 0.2) is 54.7 Å². The summed E-state index contributed by atoms with van der Waals surface area (Å²) in [5, 5.41) is 21.4. The lowest BCUT2D eigenvalue weighted by Gasteiger charge is -2.35. The first-order valence-electron chi connectivity index (χ1n) is 10.8. The first-order chi connectivity index (χ1) is 16.4. The molecule has 182 valence electrons. The zero-order valence-electron chi connectivity index (χ0n) is 18.8. The normalized spacial score (nSPS) is 14.5. The van der Waals surface area contributed by atoms with Crippen LogP contribution in [0, 0.1) is 0 Å². The molecule has 0 spiro atoms. The summed E-state index contributed by atoms with van der Waals surface area (Å²) in [5.41, 5.74) is 0.855. The van der Waals surface area contributed by atoms with Crippen LogP contribution >= 0.6 is 0 Å². The molecule has 10 heteroatoms. The molecular weight excluding hydrogens is 446 g/mol. The molecule has 2 aromatic carbocycles. The number of likely N-dealkylation sites (tertiary alicyclic amines) is 1. The average Bonchev–Trinajstić information content (AvgIpc) is 2.80. The number of rotatable bonds is 11. The van der Waals surface area contributed by atoms with Crippen LogP contribution in [0.4, 0.5) is 8.78 Å². The van der Waals surface area contributed by atoms with Gasteiger partial charge >= 0.3 is 5.91 Å². The molecule has 8 nitrogen and oxygen atoms in total. The highest BCUT2D eigenvalue weighted by atomic mass is 19.1. The van der Waals surface area contributed by atoms with Gasteiger partial charge in [0.15, 0.2) is 6.10 Å². The number of amidine groups is 1. The van der Waals surface area contributed by atoms with Gasteiger partial charge in [-0.2, -0.15) is 0 Å². The summed E-state index contributed by atoms with van der Waals surface area (Å²) in [6.07, 6.45) is 2.09. The van der Waals surface area contributed by atoms with Crippen LogP contribution in [0.25, 0.3) is 0 Å². The number of benzene rings is 2. The van der Waals surface area contributed by atoms with Gasteiger partial charge in [0.1, 0.15) is 36.8 Å². The molecule has 1 heterocycles. The van der Waals surface area contributed by atoms with Gasteiger partial charge in [-0.15, -0.1) is 0 Å². The molecule has 34 heavy (non-hydrogen) atoms. The predicted molar refractivity (Wildman–Crippen MR) is 123 cm³/mol. The number of nitrogens with zero attached hydrogens (tertiary/aromatic N) is 1. The molecule has 0 aliphatic carbocycles. The Kier molecular flexibility index (Phi) is 8.94. The van der Waals surface area contributed by atoms with Gasteiger partial charge in [-0.05, 0) is 36.2 Å². The number of amides is 1. The summed E-state index contributed by atoms with van der Waals surface area (Å²) >= 11 is 0. The van der Waals surface area contributed by atoms with Crippen LogP contribution in [0.5, 0.6) is 17.2 Å². The van der Waals surface area contributed by atoms with E-state index in [9.17, 15) is 18.7 Å². The van der Waals surface area contributed by atoms with Crippen molar-refractivity contribution in [1.82, 2.24) is 15.5 Å². The zero-order chi connectivity index (χ0) is 24.5. The third-order valence-corrected chi connectivity index (χ3v) is 5.13. The van der Waals surface area contributed by atoms with E-state index in [2.05, 4.69) is 10.6 Å². The molecule has 0 bridgehead atoms. The minimum absolute atomic E-state index is 0.0668. The monoisotopic (exact) mass is 475 g/mol. The van der Waals surface area contributed by atoms with Crippen LogP contribution in [0.1, 0.15) is 28.6 Å². The fraction of sp³-hybridized carbons (Fsp3) is 0.333. The fourth-order valence-corrected chi connectivity index (χ4v) is 3.18. The standard InChI is InChI=1S/C24H28F2N4O4/c1-28-8-7-22(27)29-23(31)17-11-19(13-20(12-17)34-21(14-25)15-26)33-18-5-3-16(4-6-18)24(32)30-9-2-10-30/h3-8,11-13,21,24,28,32H,2,9-10,14-15H2,1H3,(H2,27,29,31)/p+1/b8-7-. The van der Waals surface area contributed by atoms with Crippen LogP contribution in [-0.2, 0) is 0 Å². The summed E-state index contributed by atoms with van der Waals surface area (Å²) < 4.78 is 37.2. The SMILES string of the molecule is CN/C=C\C(=[NH2+])NC(=O)c1cc(Oc2ccc(C(O)N3CCC3)cc2)cc(OC(CF)CF)c1. The third kappa shape index (κ3) is 6.75. The number of alkyl halides is 2. The van der Waals surface area contributed by atoms with Crippen LogP contribution in [-0.4, -0.2) is 61.3 Å². The van der Waals surface area contributed by atoms with E-state index in [4.69, 9.17) is 14.9 Å². The van der Waals surface area contributed by atoms with E-state index in [0.29, 0.717) is 5.75 Å². The van der Waals surface area contributed by atoms with Gasteiger partial charge in [0.2, 0.25) is 0 Å². The van der Waals surface area contributed by atoms with Gasteiger partial charge in [0, 0.05) is 38.5 Å². The first-order valence-corrected chi connectivity index (χ1v) is 10.8. The molecule has 0 saturated carbocycles. The van der Waals surface area contributed by atoms with Gasteiger partial charge < -0.3 is 19.9 Å². The van der Waals surface area contributed by atoms with Gasteiger partial charge in [-0.25, -0.2) is 18.9 Å². The van der Waals surface area contributed by atoms with E-state index in [0.717, 1.165) is 25.1 Å². The third-order valence-electron chi connectivity index (χ3n) is 5.13. The smallest absolute Gasteiger partial charge is 0.339 e. The number of nitrogens with two attached hydrogens (primary N) is 1. The number of halogens is 2. The number of hydrogen-bond acceptors (Lipinski definition) is 6. The van der Waals surface area contributed by atoms with E-state index in [1.807, 2.05) is 4.90 Å². The quantitative estimate of drug-likeness (QED) is 0.290. The van der Waals surface area contributed by atoms with Crippen molar-refractivity contribution in [2.24, 2.45) is 0 Å². The molecule has 1 aliphatic heterocycles. The number of ether oxygens (including phenoxy) is 2. The van der Waals surface area contributed by atoms with Crippen molar-refractivity contribution in [2.75, 3.05) is 33.5 Å². The number of hydrogen-bond donors (Lipinski definition) is 4. The first kappa shape index (κ1) is 25.1. The summed E-state index contributed by atoms with van der Waals surface area (Å²) in [5.74, 6) is 0.267. The molecule has 5 N–H and O–H groups in total.